The number of benzene rings is 2. The fourth-order valence-electron chi connectivity index (χ4n) is 9.53. The highest BCUT2D eigenvalue weighted by molar-refractivity contribution is 7.90. The van der Waals surface area contributed by atoms with Gasteiger partial charge in [0.15, 0.2) is 5.82 Å². The first-order valence-corrected chi connectivity index (χ1v) is 22.4. The van der Waals surface area contributed by atoms with Crippen molar-refractivity contribution in [3.63, 3.8) is 0 Å². The van der Waals surface area contributed by atoms with Crippen LogP contribution in [0, 0.1) is 28.2 Å². The molecule has 1 amide bonds. The first-order valence-electron chi connectivity index (χ1n) is 20.5. The molecule has 282 valence electrons. The molecule has 4 heterocycles. The zero-order chi connectivity index (χ0) is 41.6. The van der Waals surface area contributed by atoms with Gasteiger partial charge in [-0.05, 0) is 87.0 Å². The molecule has 3 aliphatic rings. The number of fused-ring (bicyclic) bond motifs is 9. The van der Waals surface area contributed by atoms with Crippen LogP contribution in [0.5, 0.6) is 0 Å². The Hall–Kier alpha value is -4.00. The van der Waals surface area contributed by atoms with Crippen LogP contribution in [0.15, 0.2) is 48.8 Å². The van der Waals surface area contributed by atoms with E-state index in [0.717, 1.165) is 32.7 Å². The second-order valence-corrected chi connectivity index (χ2v) is 25.3. The second-order valence-electron chi connectivity index (χ2n) is 17.8. The van der Waals surface area contributed by atoms with E-state index in [9.17, 15) is 14.6 Å². The van der Waals surface area contributed by atoms with Crippen molar-refractivity contribution in [1.82, 2.24) is 29.1 Å². The predicted molar refractivity (Wildman–Crippen MR) is 218 cm³/mol. The standard InChI is InChI=1S/C43H53N7O2SSi/c1-26(2)54(27(3)4,28(5)6)18-17-29-13-12-14-32-37(29)35-20-36(49(11)39(32)51)38-47-33-16-15-30(19-34(33)50(35)38)31-21-45-40(46-22-31)43(23-42(10,24-43)25-44)48-53(52)41(7,8)9/h12-16,19,21-22,26-28,35-36,48H,20,23-24H2,1-11H3/t35-,36-,42?,43?,53?/m1/s1/i11D3. The molecule has 1 N–H and O–H groups in total. The quantitative estimate of drug-likeness (QED) is 0.114. The molecule has 54 heavy (non-hydrogen) atoms. The molecular weight excluding hydrogens is 707 g/mol. The third-order valence-electron chi connectivity index (χ3n) is 12.2. The largest absolute Gasteiger partial charge is 0.598 e. The Bertz CT molecular complexity index is 2320. The third-order valence-corrected chi connectivity index (χ3v) is 20.1. The van der Waals surface area contributed by atoms with Crippen molar-refractivity contribution in [3.05, 3.63) is 77.1 Å². The molecule has 9 nitrogen and oxygen atoms in total. The lowest BCUT2D eigenvalue weighted by Crippen LogP contribution is -2.61. The van der Waals surface area contributed by atoms with Gasteiger partial charge in [-0.15, -0.1) is 10.3 Å². The van der Waals surface area contributed by atoms with Crippen LogP contribution >= 0.6 is 0 Å². The summed E-state index contributed by atoms with van der Waals surface area (Å²) in [5.74, 6) is 4.12. The number of nitrogens with zero attached hydrogens (tertiary/aromatic N) is 6. The normalized spacial score (nSPS) is 25.2. The van der Waals surface area contributed by atoms with Crippen LogP contribution in [-0.4, -0.2) is 54.7 Å². The number of imidazole rings is 1. The summed E-state index contributed by atoms with van der Waals surface area (Å²) in [6, 6.07) is 12.7. The van der Waals surface area contributed by atoms with Gasteiger partial charge >= 0.3 is 0 Å². The smallest absolute Gasteiger partial charge is 0.254 e. The summed E-state index contributed by atoms with van der Waals surface area (Å²) in [5, 5.41) is 9.82. The van der Waals surface area contributed by atoms with Gasteiger partial charge < -0.3 is 14.0 Å². The molecule has 1 fully saturated rings. The lowest BCUT2D eigenvalue weighted by molar-refractivity contribution is 0.0724. The van der Waals surface area contributed by atoms with E-state index in [4.69, 9.17) is 19.1 Å². The number of rotatable bonds is 7. The van der Waals surface area contributed by atoms with Crippen molar-refractivity contribution in [2.45, 2.75) is 127 Å². The number of hydrogen-bond donors (Lipinski definition) is 1. The van der Waals surface area contributed by atoms with E-state index in [0.29, 0.717) is 58.6 Å². The van der Waals surface area contributed by atoms with Gasteiger partial charge in [0, 0.05) is 63.5 Å². The number of carbonyl (C=O) groups is 1. The molecule has 0 spiro atoms. The van der Waals surface area contributed by atoms with Crippen LogP contribution in [0.3, 0.4) is 0 Å². The summed E-state index contributed by atoms with van der Waals surface area (Å²) in [4.78, 5) is 30.0. The molecular formula is C43H53N7O2SSi. The van der Waals surface area contributed by atoms with E-state index < -0.39 is 54.1 Å². The highest BCUT2D eigenvalue weighted by Gasteiger charge is 2.59. The Labute approximate surface area is 328 Å². The second kappa shape index (κ2) is 13.3. The fraction of sp³-hybridized carbons (Fsp3) is 0.512. The summed E-state index contributed by atoms with van der Waals surface area (Å²) in [5.41, 5.74) is 8.67. The summed E-state index contributed by atoms with van der Waals surface area (Å²) in [6.45, 7) is 18.5. The predicted octanol–water partition coefficient (Wildman–Crippen LogP) is 8.75. The SMILES string of the molecule is [2H]C([2H])([2H])N1C(=O)c2cccc(C#C[Si](C(C)C)(C(C)C)C(C)C)c2[C@H]2C[C@@H]1c1nc3ccc(-c4cnc(C5(N[S+]([O-])C(C)(C)C)CC(C)(C#N)C5)nc4)cc3n12. The Balaban J connectivity index is 1.34. The monoisotopic (exact) mass is 762 g/mol. The van der Waals surface area contributed by atoms with Gasteiger partial charge in [-0.2, -0.15) is 5.26 Å². The van der Waals surface area contributed by atoms with Crippen molar-refractivity contribution < 1.29 is 13.5 Å². The molecule has 11 heteroatoms. The van der Waals surface area contributed by atoms with E-state index >= 15 is 0 Å². The Morgan fingerprint density at radius 2 is 1.70 bits per heavy atom. The molecule has 2 aromatic heterocycles. The van der Waals surface area contributed by atoms with Crippen molar-refractivity contribution in [2.75, 3.05) is 6.98 Å². The van der Waals surface area contributed by atoms with Gasteiger partial charge in [-0.1, -0.05) is 59.6 Å². The third kappa shape index (κ3) is 5.99. The Kier molecular flexibility index (Phi) is 8.52. The van der Waals surface area contributed by atoms with Gasteiger partial charge in [-0.25, -0.2) is 15.0 Å². The van der Waals surface area contributed by atoms with Gasteiger partial charge in [-0.3, -0.25) is 4.79 Å². The van der Waals surface area contributed by atoms with E-state index in [1.165, 1.54) is 0 Å². The number of aromatic nitrogens is 4. The average molecular weight is 763 g/mol. The van der Waals surface area contributed by atoms with Crippen molar-refractivity contribution in [3.8, 4) is 28.7 Å². The maximum atomic E-state index is 14.3. The van der Waals surface area contributed by atoms with Crippen LogP contribution in [0.1, 0.15) is 138 Å². The maximum Gasteiger partial charge on any atom is 0.254 e. The summed E-state index contributed by atoms with van der Waals surface area (Å²) in [7, 11) is -2.15. The Morgan fingerprint density at radius 3 is 2.30 bits per heavy atom. The molecule has 2 aromatic carbocycles. The molecule has 4 aromatic rings. The van der Waals surface area contributed by atoms with Crippen LogP contribution in [0.4, 0.5) is 0 Å². The number of nitrogens with one attached hydrogen (secondary N) is 1. The molecule has 7 rings (SSSR count). The first-order chi connectivity index (χ1) is 26.6. The van der Waals surface area contributed by atoms with Crippen molar-refractivity contribution in [2.24, 2.45) is 5.41 Å². The van der Waals surface area contributed by atoms with E-state index in [1.54, 1.807) is 18.5 Å². The van der Waals surface area contributed by atoms with Crippen LogP contribution < -0.4 is 4.72 Å². The van der Waals surface area contributed by atoms with Crippen molar-refractivity contribution in [1.29, 1.82) is 5.26 Å². The topological polar surface area (TPSA) is 123 Å². The lowest BCUT2D eigenvalue weighted by Gasteiger charge is -2.50. The van der Waals surface area contributed by atoms with Gasteiger partial charge in [0.05, 0.1) is 34.6 Å². The molecule has 1 aliphatic carbocycles. The highest BCUT2D eigenvalue weighted by Crippen LogP contribution is 2.54. The van der Waals surface area contributed by atoms with E-state index in [-0.39, 0.29) is 6.04 Å². The van der Waals surface area contributed by atoms with E-state index in [2.05, 4.69) is 68.4 Å². The highest BCUT2D eigenvalue weighted by atomic mass is 32.2. The zero-order valence-corrected chi connectivity index (χ0v) is 34.9. The summed E-state index contributed by atoms with van der Waals surface area (Å²) < 4.78 is 43.8. The minimum atomic E-state index is -2.70. The Morgan fingerprint density at radius 1 is 1.04 bits per heavy atom. The molecule has 0 radical (unpaired) electrons. The molecule has 3 atom stereocenters. The number of nitriles is 1. The molecule has 1 saturated carbocycles. The molecule has 1 unspecified atom stereocenters. The van der Waals surface area contributed by atoms with Crippen LogP contribution in [0.25, 0.3) is 22.2 Å². The molecule has 0 saturated heterocycles. The van der Waals surface area contributed by atoms with Gasteiger partial charge in [0.2, 0.25) is 0 Å². The summed E-state index contributed by atoms with van der Waals surface area (Å²) in [6.07, 6.45) is 4.75. The average Bonchev–Trinajstić information content (AvgIpc) is 3.62. The maximum absolute atomic E-state index is 14.3. The number of carbonyl (C=O) groups excluding carboxylic acids is 1. The summed E-state index contributed by atoms with van der Waals surface area (Å²) >= 11 is -1.40. The van der Waals surface area contributed by atoms with Crippen LogP contribution in [-0.2, 0) is 16.9 Å². The minimum Gasteiger partial charge on any atom is -0.598 e. The zero-order valence-electron chi connectivity index (χ0n) is 36.0. The van der Waals surface area contributed by atoms with Gasteiger partial charge in [0.25, 0.3) is 5.91 Å². The minimum absolute atomic E-state index is 0.363. The van der Waals surface area contributed by atoms with Crippen molar-refractivity contribution >= 4 is 36.4 Å². The number of amides is 1. The number of hydrogen-bond acceptors (Lipinski definition) is 7. The first kappa shape index (κ1) is 34.5. The van der Waals surface area contributed by atoms with E-state index in [1.807, 2.05) is 58.0 Å². The lowest BCUT2D eigenvalue weighted by atomic mass is 9.59. The van der Waals surface area contributed by atoms with Gasteiger partial charge in [0.1, 0.15) is 24.2 Å². The molecule has 2 aliphatic heterocycles. The molecule has 2 bridgehead atoms. The van der Waals surface area contributed by atoms with Crippen LogP contribution in [0.2, 0.25) is 16.6 Å². The fourth-order valence-corrected chi connectivity index (χ4v) is 15.6.